The van der Waals surface area contributed by atoms with Gasteiger partial charge >= 0.3 is 12.0 Å². The van der Waals surface area contributed by atoms with Crippen molar-refractivity contribution < 1.29 is 19.4 Å². The van der Waals surface area contributed by atoms with Crippen molar-refractivity contribution in [2.24, 2.45) is 0 Å². The fourth-order valence-corrected chi connectivity index (χ4v) is 4.19. The molecule has 0 radical (unpaired) electrons. The van der Waals surface area contributed by atoms with E-state index in [0.29, 0.717) is 41.3 Å². The Balaban J connectivity index is 1.76. The third-order valence-electron chi connectivity index (χ3n) is 6.09. The zero-order valence-corrected chi connectivity index (χ0v) is 22.1. The molecule has 3 N–H and O–H groups in total. The van der Waals surface area contributed by atoms with Gasteiger partial charge in [-0.3, -0.25) is 0 Å². The molecule has 0 saturated heterocycles. The first-order valence-corrected chi connectivity index (χ1v) is 12.9. The van der Waals surface area contributed by atoms with Gasteiger partial charge in [0.25, 0.3) is 0 Å². The Morgan fingerprint density at radius 1 is 0.897 bits per heavy atom. The average Bonchev–Trinajstić information content (AvgIpc) is 2.94. The molecule has 0 fully saturated rings. The molecule has 0 aliphatic heterocycles. The first kappa shape index (κ1) is 27.2. The quantitative estimate of drug-likeness (QED) is 0.197. The summed E-state index contributed by atoms with van der Waals surface area (Å²) in [6.07, 6.45) is 5.37. The van der Waals surface area contributed by atoms with Crippen LogP contribution in [0.15, 0.2) is 97.1 Å². The number of anilines is 2. The number of carbonyl (C=O) groups is 2. The van der Waals surface area contributed by atoms with E-state index in [-0.39, 0.29) is 5.56 Å². The van der Waals surface area contributed by atoms with Gasteiger partial charge in [0.2, 0.25) is 0 Å². The van der Waals surface area contributed by atoms with Crippen molar-refractivity contribution in [2.45, 2.75) is 26.7 Å². The van der Waals surface area contributed by atoms with Crippen LogP contribution in [0.4, 0.5) is 16.2 Å². The second-order valence-corrected chi connectivity index (χ2v) is 9.17. The van der Waals surface area contributed by atoms with Crippen LogP contribution in [-0.4, -0.2) is 23.7 Å². The molecule has 0 aromatic heterocycles. The summed E-state index contributed by atoms with van der Waals surface area (Å²) in [5.41, 5.74) is 5.53. The van der Waals surface area contributed by atoms with Gasteiger partial charge in [-0.25, -0.2) is 9.59 Å². The standard InChI is InChI=1S/C33H32N2O4/c1-3-20-39-31-25(13-9-12-24-10-5-4-6-11-24)21-26(28-14-7-8-15-29(28)32(36)37)22-30(31)35-33(38)34-27-18-16-23(2)17-19-27/h4-12,14-19,21-22H,3,13,20H2,1-2H3,(H,36,37)(H2,34,35,38). The number of carbonyl (C=O) groups excluding carboxylic acids is 1. The number of hydrogen-bond donors (Lipinski definition) is 3. The van der Waals surface area contributed by atoms with Gasteiger partial charge < -0.3 is 20.5 Å². The van der Waals surface area contributed by atoms with Crippen LogP contribution in [0.2, 0.25) is 0 Å². The Hall–Kier alpha value is -4.84. The van der Waals surface area contributed by atoms with Crippen molar-refractivity contribution in [2.75, 3.05) is 17.2 Å². The van der Waals surface area contributed by atoms with E-state index in [2.05, 4.69) is 10.6 Å². The Bertz CT molecular complexity index is 1460. The molecule has 0 heterocycles. The minimum absolute atomic E-state index is 0.181. The maximum Gasteiger partial charge on any atom is 0.336 e. The Morgan fingerprint density at radius 2 is 1.62 bits per heavy atom. The molecule has 198 valence electrons. The number of hydrogen-bond acceptors (Lipinski definition) is 3. The maximum atomic E-state index is 13.0. The van der Waals surface area contributed by atoms with Crippen LogP contribution in [0.25, 0.3) is 17.2 Å². The summed E-state index contributed by atoms with van der Waals surface area (Å²) < 4.78 is 6.16. The number of urea groups is 1. The lowest BCUT2D eigenvalue weighted by molar-refractivity contribution is 0.0697. The predicted octanol–water partition coefficient (Wildman–Crippen LogP) is 8.05. The molecular formula is C33H32N2O4. The van der Waals surface area contributed by atoms with E-state index >= 15 is 0 Å². The highest BCUT2D eigenvalue weighted by molar-refractivity contribution is 6.02. The average molecular weight is 521 g/mol. The lowest BCUT2D eigenvalue weighted by Gasteiger charge is -2.19. The summed E-state index contributed by atoms with van der Waals surface area (Å²) in [5, 5.41) is 15.6. The minimum Gasteiger partial charge on any atom is -0.491 e. The zero-order chi connectivity index (χ0) is 27.6. The highest BCUT2D eigenvalue weighted by Crippen LogP contribution is 2.37. The number of ether oxygens (including phenoxy) is 1. The lowest BCUT2D eigenvalue weighted by Crippen LogP contribution is -2.20. The normalized spacial score (nSPS) is 10.8. The second kappa shape index (κ2) is 13.1. The third kappa shape index (κ3) is 7.36. The number of nitrogens with one attached hydrogen (secondary N) is 2. The second-order valence-electron chi connectivity index (χ2n) is 9.17. The van der Waals surface area contributed by atoms with Crippen molar-refractivity contribution >= 4 is 29.5 Å². The number of benzene rings is 4. The van der Waals surface area contributed by atoms with E-state index in [1.54, 1.807) is 30.3 Å². The summed E-state index contributed by atoms with van der Waals surface area (Å²) in [5.74, 6) is -0.459. The smallest absolute Gasteiger partial charge is 0.336 e. The van der Waals surface area contributed by atoms with Crippen LogP contribution in [0.3, 0.4) is 0 Å². The molecule has 0 spiro atoms. The molecular weight excluding hydrogens is 488 g/mol. The molecule has 4 aromatic carbocycles. The number of carboxylic acid groups (broad SMARTS) is 1. The van der Waals surface area contributed by atoms with Gasteiger partial charge in [-0.2, -0.15) is 0 Å². The summed E-state index contributed by atoms with van der Waals surface area (Å²) in [6, 6.07) is 27.6. The van der Waals surface area contributed by atoms with Crippen LogP contribution in [0.1, 0.15) is 40.4 Å². The SMILES string of the molecule is CCCOc1c(CC=Cc2ccccc2)cc(-c2ccccc2C(=O)O)cc1NC(=O)Nc1ccc(C)cc1. The van der Waals surface area contributed by atoms with Crippen molar-refractivity contribution in [3.63, 3.8) is 0 Å². The zero-order valence-electron chi connectivity index (χ0n) is 22.1. The van der Waals surface area contributed by atoms with Gasteiger partial charge in [-0.1, -0.05) is 85.3 Å². The molecule has 6 heteroatoms. The fourth-order valence-electron chi connectivity index (χ4n) is 4.19. The Labute approximate surface area is 229 Å². The molecule has 0 unspecified atom stereocenters. The van der Waals surface area contributed by atoms with Crippen LogP contribution < -0.4 is 15.4 Å². The van der Waals surface area contributed by atoms with Crippen LogP contribution in [-0.2, 0) is 6.42 Å². The van der Waals surface area contributed by atoms with Gasteiger partial charge in [0.15, 0.2) is 0 Å². The van der Waals surface area contributed by atoms with E-state index in [1.165, 1.54) is 0 Å². The van der Waals surface area contributed by atoms with Crippen molar-refractivity contribution in [3.05, 3.63) is 119 Å². The maximum absolute atomic E-state index is 13.0. The minimum atomic E-state index is -1.02. The van der Waals surface area contributed by atoms with Crippen LogP contribution >= 0.6 is 0 Å². The van der Waals surface area contributed by atoms with E-state index in [0.717, 1.165) is 23.1 Å². The lowest BCUT2D eigenvalue weighted by atomic mass is 9.95. The van der Waals surface area contributed by atoms with E-state index < -0.39 is 12.0 Å². The number of aromatic carboxylic acids is 1. The molecule has 39 heavy (non-hydrogen) atoms. The summed E-state index contributed by atoms with van der Waals surface area (Å²) in [7, 11) is 0. The van der Waals surface area contributed by atoms with E-state index in [9.17, 15) is 14.7 Å². The van der Waals surface area contributed by atoms with E-state index in [1.807, 2.05) is 86.7 Å². The molecule has 2 amide bonds. The summed E-state index contributed by atoms with van der Waals surface area (Å²) in [4.78, 5) is 25.0. The largest absolute Gasteiger partial charge is 0.491 e. The van der Waals surface area contributed by atoms with Gasteiger partial charge in [-0.15, -0.1) is 0 Å². The molecule has 4 rings (SSSR count). The molecule has 0 aliphatic carbocycles. The highest BCUT2D eigenvalue weighted by atomic mass is 16.5. The van der Waals surface area contributed by atoms with Crippen molar-refractivity contribution in [1.29, 1.82) is 0 Å². The Kier molecular flexibility index (Phi) is 9.14. The fraction of sp³-hybridized carbons (Fsp3) is 0.152. The van der Waals surface area contributed by atoms with Gasteiger partial charge in [0.05, 0.1) is 17.9 Å². The number of aryl methyl sites for hydroxylation is 1. The molecule has 0 atom stereocenters. The Morgan fingerprint density at radius 3 is 2.33 bits per heavy atom. The van der Waals surface area contributed by atoms with E-state index in [4.69, 9.17) is 4.74 Å². The molecule has 4 aromatic rings. The number of allylic oxidation sites excluding steroid dienone is 1. The summed E-state index contributed by atoms with van der Waals surface area (Å²) in [6.45, 7) is 4.47. The number of carboxylic acids is 1. The van der Waals surface area contributed by atoms with Crippen LogP contribution in [0, 0.1) is 6.92 Å². The first-order chi connectivity index (χ1) is 18.9. The monoisotopic (exact) mass is 520 g/mol. The van der Waals surface area contributed by atoms with Crippen molar-refractivity contribution in [3.8, 4) is 16.9 Å². The van der Waals surface area contributed by atoms with Crippen molar-refractivity contribution in [1.82, 2.24) is 0 Å². The van der Waals surface area contributed by atoms with Crippen LogP contribution in [0.5, 0.6) is 5.75 Å². The van der Waals surface area contributed by atoms with Gasteiger partial charge in [-0.05, 0) is 66.8 Å². The predicted molar refractivity (Wildman–Crippen MR) is 158 cm³/mol. The molecule has 0 aliphatic rings. The third-order valence-corrected chi connectivity index (χ3v) is 6.09. The number of amides is 2. The van der Waals surface area contributed by atoms with Gasteiger partial charge in [0, 0.05) is 11.3 Å². The number of rotatable bonds is 10. The topological polar surface area (TPSA) is 87.7 Å². The molecule has 0 saturated carbocycles. The first-order valence-electron chi connectivity index (χ1n) is 12.9. The van der Waals surface area contributed by atoms with Gasteiger partial charge in [0.1, 0.15) is 5.75 Å². The molecule has 6 nitrogen and oxygen atoms in total. The molecule has 0 bridgehead atoms. The summed E-state index contributed by atoms with van der Waals surface area (Å²) >= 11 is 0. The highest BCUT2D eigenvalue weighted by Gasteiger charge is 2.18.